The maximum atomic E-state index is 12.9. The van der Waals surface area contributed by atoms with Crippen molar-refractivity contribution in [1.82, 2.24) is 0 Å². The van der Waals surface area contributed by atoms with Crippen LogP contribution in [0, 0.1) is 0 Å². The second-order valence-electron chi connectivity index (χ2n) is 7.78. The number of esters is 1. The lowest BCUT2D eigenvalue weighted by atomic mass is 9.99. The first kappa shape index (κ1) is 23.5. The molecule has 5 N–H and O–H groups in total. The molecule has 0 spiro atoms. The summed E-state index contributed by atoms with van der Waals surface area (Å²) < 4.78 is 21.3. The van der Waals surface area contributed by atoms with Gasteiger partial charge in [0, 0.05) is 19.1 Å². The van der Waals surface area contributed by atoms with Crippen LogP contribution < -0.4 is 10.2 Å². The monoisotopic (exact) mass is 474 g/mol. The Labute approximate surface area is 192 Å². The fourth-order valence-electron chi connectivity index (χ4n) is 3.60. The van der Waals surface area contributed by atoms with Crippen LogP contribution in [0.25, 0.3) is 22.1 Å². The smallest absolute Gasteiger partial charge is 0.302 e. The number of aromatic hydroxyl groups is 2. The van der Waals surface area contributed by atoms with Crippen LogP contribution in [0.2, 0.25) is 0 Å². The molecular formula is C23H22O11. The lowest BCUT2D eigenvalue weighted by molar-refractivity contribution is -0.278. The highest BCUT2D eigenvalue weighted by Crippen LogP contribution is 2.32. The first-order valence-corrected chi connectivity index (χ1v) is 10.2. The zero-order valence-electron chi connectivity index (χ0n) is 17.8. The van der Waals surface area contributed by atoms with Gasteiger partial charge in [0.25, 0.3) is 0 Å². The summed E-state index contributed by atoms with van der Waals surface area (Å²) in [5.74, 6) is -1.14. The van der Waals surface area contributed by atoms with Gasteiger partial charge in [-0.25, -0.2) is 0 Å². The van der Waals surface area contributed by atoms with Gasteiger partial charge in [-0.3, -0.25) is 9.59 Å². The van der Waals surface area contributed by atoms with Crippen LogP contribution in [0.15, 0.2) is 51.9 Å². The Bertz CT molecular complexity index is 1250. The minimum atomic E-state index is -1.68. The molecule has 1 aliphatic rings. The number of aliphatic hydroxyl groups excluding tert-OH is 3. The Morgan fingerprint density at radius 3 is 2.41 bits per heavy atom. The van der Waals surface area contributed by atoms with E-state index in [0.29, 0.717) is 5.56 Å². The van der Waals surface area contributed by atoms with E-state index in [4.69, 9.17) is 18.6 Å². The van der Waals surface area contributed by atoms with E-state index >= 15 is 0 Å². The van der Waals surface area contributed by atoms with E-state index in [-0.39, 0.29) is 28.0 Å². The molecule has 0 radical (unpaired) electrons. The van der Waals surface area contributed by atoms with Gasteiger partial charge < -0.3 is 44.2 Å². The molecule has 0 bridgehead atoms. The fourth-order valence-corrected chi connectivity index (χ4v) is 3.60. The van der Waals surface area contributed by atoms with Crippen LogP contribution in [-0.4, -0.2) is 68.8 Å². The standard InChI is InChI=1S/C23H22O11/c1-10(24)31-9-17-20(28)21(29)22(30)23(34-17)33-13-6-15(26)18-16(7-13)32-8-14(19(18)27)11-2-4-12(25)5-3-11/h2-8,17,20-23,25-26,28-30H,9H2,1H3/t17-,20-,21+,22-,23-/m1/s1. The molecule has 0 aliphatic carbocycles. The number of fused-ring (bicyclic) bond motifs is 1. The maximum Gasteiger partial charge on any atom is 0.302 e. The fraction of sp³-hybridized carbons (Fsp3) is 0.304. The van der Waals surface area contributed by atoms with Gasteiger partial charge in [0.2, 0.25) is 11.7 Å². The largest absolute Gasteiger partial charge is 0.508 e. The normalized spacial score (nSPS) is 24.6. The molecule has 1 saturated heterocycles. The van der Waals surface area contributed by atoms with Crippen molar-refractivity contribution < 1.29 is 49.0 Å². The van der Waals surface area contributed by atoms with Crippen molar-refractivity contribution in [2.45, 2.75) is 37.6 Å². The second kappa shape index (κ2) is 9.31. The van der Waals surface area contributed by atoms with Crippen molar-refractivity contribution in [2.24, 2.45) is 0 Å². The van der Waals surface area contributed by atoms with Crippen LogP contribution in [0.3, 0.4) is 0 Å². The molecule has 11 nitrogen and oxygen atoms in total. The molecule has 3 aromatic rings. The van der Waals surface area contributed by atoms with E-state index in [1.807, 2.05) is 0 Å². The van der Waals surface area contributed by atoms with Crippen molar-refractivity contribution in [3.63, 3.8) is 0 Å². The molecule has 2 aromatic carbocycles. The van der Waals surface area contributed by atoms with E-state index in [2.05, 4.69) is 0 Å². The Morgan fingerprint density at radius 2 is 1.74 bits per heavy atom. The van der Waals surface area contributed by atoms with Crippen LogP contribution >= 0.6 is 0 Å². The SMILES string of the molecule is CC(=O)OC[C@H]1O[C@@H](Oc2cc(O)c3c(=O)c(-c4ccc(O)cc4)coc3c2)[C@H](O)[C@@H](O)[C@@H]1O. The van der Waals surface area contributed by atoms with Gasteiger partial charge in [-0.2, -0.15) is 0 Å². The molecule has 1 fully saturated rings. The third kappa shape index (κ3) is 4.54. The minimum Gasteiger partial charge on any atom is -0.508 e. The molecule has 1 aromatic heterocycles. The van der Waals surface area contributed by atoms with Crippen molar-refractivity contribution in [3.8, 4) is 28.4 Å². The quantitative estimate of drug-likeness (QED) is 0.328. The predicted molar refractivity (Wildman–Crippen MR) is 115 cm³/mol. The first-order chi connectivity index (χ1) is 16.2. The molecule has 2 heterocycles. The summed E-state index contributed by atoms with van der Waals surface area (Å²) in [5, 5.41) is 50.3. The van der Waals surface area contributed by atoms with Gasteiger partial charge in [0.15, 0.2) is 0 Å². The highest BCUT2D eigenvalue weighted by molar-refractivity contribution is 5.88. The zero-order valence-corrected chi connectivity index (χ0v) is 17.8. The van der Waals surface area contributed by atoms with Crippen LogP contribution in [0.4, 0.5) is 0 Å². The summed E-state index contributed by atoms with van der Waals surface area (Å²) in [5.41, 5.74) is 0.0843. The predicted octanol–water partition coefficient (Wildman–Crippen LogP) is 0.621. The number of phenols is 2. The number of rotatable bonds is 5. The molecule has 34 heavy (non-hydrogen) atoms. The third-order valence-corrected chi connectivity index (χ3v) is 5.38. The minimum absolute atomic E-state index is 0.0233. The van der Waals surface area contributed by atoms with Crippen molar-refractivity contribution >= 4 is 16.9 Å². The molecular weight excluding hydrogens is 452 g/mol. The summed E-state index contributed by atoms with van der Waals surface area (Å²) in [6.07, 6.45) is -6.38. The van der Waals surface area contributed by atoms with E-state index in [9.17, 15) is 35.1 Å². The Hall–Kier alpha value is -3.64. The van der Waals surface area contributed by atoms with E-state index in [1.165, 1.54) is 36.6 Å². The average molecular weight is 474 g/mol. The molecule has 0 saturated carbocycles. The first-order valence-electron chi connectivity index (χ1n) is 10.2. The summed E-state index contributed by atoms with van der Waals surface area (Å²) >= 11 is 0. The van der Waals surface area contributed by atoms with Gasteiger partial charge in [0.1, 0.15) is 65.5 Å². The molecule has 0 unspecified atom stereocenters. The van der Waals surface area contributed by atoms with E-state index in [0.717, 1.165) is 13.0 Å². The molecule has 11 heteroatoms. The number of carbonyl (C=O) groups is 1. The van der Waals surface area contributed by atoms with E-state index < -0.39 is 54.5 Å². The summed E-state index contributed by atoms with van der Waals surface area (Å²) in [4.78, 5) is 24.0. The molecule has 5 atom stereocenters. The lowest BCUT2D eigenvalue weighted by Crippen LogP contribution is -2.60. The molecule has 1 aliphatic heterocycles. The Balaban J connectivity index is 1.62. The number of aliphatic hydroxyl groups is 3. The number of phenolic OH excluding ortho intramolecular Hbond substituents is 2. The van der Waals surface area contributed by atoms with Crippen LogP contribution in [0.1, 0.15) is 6.92 Å². The van der Waals surface area contributed by atoms with E-state index in [1.54, 1.807) is 0 Å². The number of carbonyl (C=O) groups excluding carboxylic acids is 1. The topological polar surface area (TPSA) is 176 Å². The number of hydrogen-bond acceptors (Lipinski definition) is 11. The second-order valence-corrected chi connectivity index (χ2v) is 7.78. The average Bonchev–Trinajstić information content (AvgIpc) is 2.79. The highest BCUT2D eigenvalue weighted by Gasteiger charge is 2.45. The summed E-state index contributed by atoms with van der Waals surface area (Å²) in [6.45, 7) is 0.769. The van der Waals surface area contributed by atoms with Crippen molar-refractivity contribution in [1.29, 1.82) is 0 Å². The van der Waals surface area contributed by atoms with Gasteiger partial charge in [-0.1, -0.05) is 12.1 Å². The van der Waals surface area contributed by atoms with Gasteiger partial charge in [0.05, 0.1) is 5.56 Å². The van der Waals surface area contributed by atoms with Crippen LogP contribution in [-0.2, 0) is 14.3 Å². The number of hydrogen-bond donors (Lipinski definition) is 5. The van der Waals surface area contributed by atoms with Gasteiger partial charge in [-0.05, 0) is 17.7 Å². The summed E-state index contributed by atoms with van der Waals surface area (Å²) in [6, 6.07) is 8.25. The zero-order chi connectivity index (χ0) is 24.6. The van der Waals surface area contributed by atoms with Gasteiger partial charge in [-0.15, -0.1) is 0 Å². The number of benzene rings is 2. The molecule has 4 rings (SSSR count). The molecule has 0 amide bonds. The third-order valence-electron chi connectivity index (χ3n) is 5.38. The molecule has 180 valence electrons. The van der Waals surface area contributed by atoms with Crippen LogP contribution in [0.5, 0.6) is 17.2 Å². The Kier molecular flexibility index (Phi) is 6.44. The Morgan fingerprint density at radius 1 is 1.03 bits per heavy atom. The maximum absolute atomic E-state index is 12.9. The summed E-state index contributed by atoms with van der Waals surface area (Å²) in [7, 11) is 0. The van der Waals surface area contributed by atoms with Crippen molar-refractivity contribution in [3.05, 3.63) is 52.9 Å². The van der Waals surface area contributed by atoms with Crippen molar-refractivity contribution in [2.75, 3.05) is 6.61 Å². The highest BCUT2D eigenvalue weighted by atomic mass is 16.7. The van der Waals surface area contributed by atoms with Gasteiger partial charge >= 0.3 is 5.97 Å². The number of ether oxygens (including phenoxy) is 3. The lowest BCUT2D eigenvalue weighted by Gasteiger charge is -2.39.